The highest BCUT2D eigenvalue weighted by molar-refractivity contribution is 5.85. The van der Waals surface area contributed by atoms with Crippen molar-refractivity contribution in [3.05, 3.63) is 83.4 Å². The summed E-state index contributed by atoms with van der Waals surface area (Å²) in [5.74, 6) is 0.404. The Kier molecular flexibility index (Phi) is 9.50. The van der Waals surface area contributed by atoms with Crippen LogP contribution in [0.15, 0.2) is 66.7 Å². The third-order valence-electron chi connectivity index (χ3n) is 5.24. The summed E-state index contributed by atoms with van der Waals surface area (Å²) in [7, 11) is 0. The van der Waals surface area contributed by atoms with Gasteiger partial charge in [-0.25, -0.2) is 0 Å². The number of aromatic hydroxyl groups is 1. The van der Waals surface area contributed by atoms with E-state index in [1.807, 2.05) is 6.07 Å². The monoisotopic (exact) mass is 474 g/mol. The lowest BCUT2D eigenvalue weighted by Gasteiger charge is -2.28. The smallest absolute Gasteiger partial charge is 0.123 e. The first-order valence-corrected chi connectivity index (χ1v) is 10.6. The lowest BCUT2D eigenvalue weighted by molar-refractivity contribution is 0.423. The Hall–Kier alpha value is -2.36. The Labute approximate surface area is 205 Å². The Morgan fingerprint density at radius 1 is 0.656 bits per heavy atom. The summed E-state index contributed by atoms with van der Waals surface area (Å²) in [4.78, 5) is 0. The zero-order valence-electron chi connectivity index (χ0n) is 19.8. The number of rotatable bonds is 5. The molecule has 3 rings (SSSR count). The predicted molar refractivity (Wildman–Crippen MR) is 143 cm³/mol. The summed E-state index contributed by atoms with van der Waals surface area (Å²) in [6.07, 6.45) is 0. The molecule has 3 aromatic carbocycles. The van der Waals surface area contributed by atoms with Gasteiger partial charge >= 0.3 is 0 Å². The number of phenolic OH excluding ortho intramolecular Hbond substituents is 1. The molecule has 0 radical (unpaired) electrons. The SMILES string of the molecule is CC(C)(C)c1cc(Nc2ccc(NCc3ccccc3)cc2)cc(C(C)(C)C)c1O.Cl.Cl. The Bertz CT molecular complexity index is 954. The van der Waals surface area contributed by atoms with Gasteiger partial charge in [-0.15, -0.1) is 24.8 Å². The Morgan fingerprint density at radius 2 is 1.12 bits per heavy atom. The van der Waals surface area contributed by atoms with Crippen molar-refractivity contribution in [3.63, 3.8) is 0 Å². The van der Waals surface area contributed by atoms with Gasteiger partial charge in [0.1, 0.15) is 5.75 Å². The van der Waals surface area contributed by atoms with Gasteiger partial charge < -0.3 is 15.7 Å². The standard InChI is InChI=1S/C27H34N2O.2ClH/c1-26(2,3)23-16-22(17-24(25(23)30)27(4,5)6)29-21-14-12-20(13-15-21)28-18-19-10-8-7-9-11-19;;/h7-17,28-30H,18H2,1-6H3;2*1H. The maximum Gasteiger partial charge on any atom is 0.123 e. The fraction of sp³-hybridized carbons (Fsp3) is 0.333. The molecule has 0 aromatic heterocycles. The molecule has 0 aliphatic rings. The van der Waals surface area contributed by atoms with Crippen LogP contribution in [0.4, 0.5) is 17.1 Å². The first-order valence-electron chi connectivity index (χ1n) is 10.6. The summed E-state index contributed by atoms with van der Waals surface area (Å²) in [5, 5.41) is 17.9. The van der Waals surface area contributed by atoms with Crippen molar-refractivity contribution in [1.82, 2.24) is 0 Å². The number of anilines is 3. The van der Waals surface area contributed by atoms with E-state index in [1.54, 1.807) is 0 Å². The minimum atomic E-state index is -0.146. The zero-order chi connectivity index (χ0) is 21.9. The molecular formula is C27H36Cl2N2O. The molecule has 0 aliphatic heterocycles. The summed E-state index contributed by atoms with van der Waals surface area (Å²) >= 11 is 0. The van der Waals surface area contributed by atoms with Crippen LogP contribution in [-0.4, -0.2) is 5.11 Å². The van der Waals surface area contributed by atoms with Crippen LogP contribution in [0.2, 0.25) is 0 Å². The van der Waals surface area contributed by atoms with Crippen molar-refractivity contribution in [3.8, 4) is 5.75 Å². The summed E-state index contributed by atoms with van der Waals surface area (Å²) < 4.78 is 0. The average molecular weight is 476 g/mol. The number of nitrogens with one attached hydrogen (secondary N) is 2. The predicted octanol–water partition coefficient (Wildman–Crippen LogP) is 8.19. The quantitative estimate of drug-likeness (QED) is 0.326. The third kappa shape index (κ3) is 7.08. The van der Waals surface area contributed by atoms with Gasteiger partial charge in [-0.1, -0.05) is 71.9 Å². The lowest BCUT2D eigenvalue weighted by atomic mass is 9.79. The minimum Gasteiger partial charge on any atom is -0.507 e. The molecule has 0 atom stereocenters. The highest BCUT2D eigenvalue weighted by atomic mass is 35.5. The van der Waals surface area contributed by atoms with Crippen LogP contribution in [0.3, 0.4) is 0 Å². The third-order valence-corrected chi connectivity index (χ3v) is 5.24. The van der Waals surface area contributed by atoms with Crippen LogP contribution >= 0.6 is 24.8 Å². The summed E-state index contributed by atoms with van der Waals surface area (Å²) in [6.45, 7) is 13.6. The van der Waals surface area contributed by atoms with Crippen LogP contribution in [0, 0.1) is 0 Å². The molecule has 32 heavy (non-hydrogen) atoms. The van der Waals surface area contributed by atoms with E-state index >= 15 is 0 Å². The van der Waals surface area contributed by atoms with Gasteiger partial charge in [0, 0.05) is 34.7 Å². The van der Waals surface area contributed by atoms with Crippen molar-refractivity contribution in [1.29, 1.82) is 0 Å². The van der Waals surface area contributed by atoms with Crippen LogP contribution in [-0.2, 0) is 17.4 Å². The minimum absolute atomic E-state index is 0. The zero-order valence-corrected chi connectivity index (χ0v) is 21.5. The van der Waals surface area contributed by atoms with E-state index in [9.17, 15) is 5.11 Å². The largest absolute Gasteiger partial charge is 0.507 e. The van der Waals surface area contributed by atoms with Crippen LogP contribution in [0.1, 0.15) is 58.2 Å². The first kappa shape index (κ1) is 27.7. The van der Waals surface area contributed by atoms with Crippen molar-refractivity contribution in [2.75, 3.05) is 10.6 Å². The molecule has 0 heterocycles. The lowest BCUT2D eigenvalue weighted by Crippen LogP contribution is -2.17. The number of benzene rings is 3. The van der Waals surface area contributed by atoms with Crippen molar-refractivity contribution in [2.24, 2.45) is 0 Å². The molecule has 0 amide bonds. The second-order valence-electron chi connectivity index (χ2n) is 9.96. The van der Waals surface area contributed by atoms with Gasteiger partial charge in [0.2, 0.25) is 0 Å². The fourth-order valence-electron chi connectivity index (χ4n) is 3.49. The van der Waals surface area contributed by atoms with Gasteiger partial charge in [-0.2, -0.15) is 0 Å². The van der Waals surface area contributed by atoms with Gasteiger partial charge in [-0.05, 0) is 52.8 Å². The van der Waals surface area contributed by atoms with Crippen LogP contribution in [0.25, 0.3) is 0 Å². The summed E-state index contributed by atoms with van der Waals surface area (Å²) in [5.41, 5.74) is 5.98. The molecule has 5 heteroatoms. The molecule has 0 saturated carbocycles. The highest BCUT2D eigenvalue weighted by Crippen LogP contribution is 2.41. The van der Waals surface area contributed by atoms with Gasteiger partial charge in [-0.3, -0.25) is 0 Å². The molecule has 3 nitrogen and oxygen atoms in total. The van der Waals surface area contributed by atoms with E-state index < -0.39 is 0 Å². The van der Waals surface area contributed by atoms with Gasteiger partial charge in [0.15, 0.2) is 0 Å². The molecule has 0 aliphatic carbocycles. The second kappa shape index (κ2) is 11.0. The molecule has 174 valence electrons. The van der Waals surface area contributed by atoms with Crippen LogP contribution in [0.5, 0.6) is 5.75 Å². The van der Waals surface area contributed by atoms with Crippen molar-refractivity contribution >= 4 is 41.9 Å². The molecule has 0 bridgehead atoms. The topological polar surface area (TPSA) is 44.3 Å². The van der Waals surface area contributed by atoms with Crippen molar-refractivity contribution in [2.45, 2.75) is 58.9 Å². The average Bonchev–Trinajstić information content (AvgIpc) is 2.68. The van der Waals surface area contributed by atoms with Crippen LogP contribution < -0.4 is 10.6 Å². The maximum atomic E-state index is 10.9. The normalized spacial score (nSPS) is 11.2. The number of hydrogen-bond donors (Lipinski definition) is 3. The number of halogens is 2. The number of phenols is 1. The van der Waals surface area contributed by atoms with Crippen molar-refractivity contribution < 1.29 is 5.11 Å². The van der Waals surface area contributed by atoms with Gasteiger partial charge in [0.05, 0.1) is 0 Å². The molecular weight excluding hydrogens is 439 g/mol. The van der Waals surface area contributed by atoms with E-state index in [2.05, 4.69) is 113 Å². The number of hydrogen-bond acceptors (Lipinski definition) is 3. The molecule has 0 unspecified atom stereocenters. The van der Waals surface area contributed by atoms with Gasteiger partial charge in [0.25, 0.3) is 0 Å². The molecule has 3 N–H and O–H groups in total. The second-order valence-corrected chi connectivity index (χ2v) is 9.96. The van der Waals surface area contributed by atoms with E-state index in [-0.39, 0.29) is 35.6 Å². The molecule has 0 spiro atoms. The Morgan fingerprint density at radius 3 is 1.59 bits per heavy atom. The summed E-state index contributed by atoms with van der Waals surface area (Å²) in [6, 6.07) is 22.8. The molecule has 3 aromatic rings. The van der Waals surface area contributed by atoms with E-state index in [0.717, 1.165) is 34.7 Å². The maximum absolute atomic E-state index is 10.9. The molecule has 0 fully saturated rings. The van der Waals surface area contributed by atoms with E-state index in [4.69, 9.17) is 0 Å². The highest BCUT2D eigenvalue weighted by Gasteiger charge is 2.26. The Balaban J connectivity index is 0.00000256. The van der Waals surface area contributed by atoms with E-state index in [0.29, 0.717) is 5.75 Å². The fourth-order valence-corrected chi connectivity index (χ4v) is 3.49. The molecule has 0 saturated heterocycles. The first-order chi connectivity index (χ1) is 14.0. The van der Waals surface area contributed by atoms with E-state index in [1.165, 1.54) is 5.56 Å².